The Balaban J connectivity index is 1.53. The van der Waals surface area contributed by atoms with Gasteiger partial charge in [-0.1, -0.05) is 19.9 Å². The molecule has 3 nitrogen and oxygen atoms in total. The van der Waals surface area contributed by atoms with Crippen molar-refractivity contribution in [3.8, 4) is 0 Å². The van der Waals surface area contributed by atoms with Gasteiger partial charge in [0.25, 0.3) is 0 Å². The summed E-state index contributed by atoms with van der Waals surface area (Å²) in [6.45, 7) is 10.2. The van der Waals surface area contributed by atoms with Crippen LogP contribution in [-0.4, -0.2) is 42.0 Å². The molecule has 0 aromatic heterocycles. The molecule has 6 fully saturated rings. The predicted octanol–water partition coefficient (Wildman–Crippen LogP) is 3.58. The van der Waals surface area contributed by atoms with Crippen LogP contribution >= 0.6 is 0 Å². The SMILES string of the molecule is C=C1C2CCC3C(CCC4[C@@]5(C)CCC[C@@]34C3OCCN3C5)(C2)[C@H]1O. The third-order valence-corrected chi connectivity index (χ3v) is 9.95. The van der Waals surface area contributed by atoms with Crippen LogP contribution in [0.15, 0.2) is 12.2 Å². The number of nitrogens with zero attached hydrogens (tertiary/aromatic N) is 1. The van der Waals surface area contributed by atoms with Crippen molar-refractivity contribution in [1.82, 2.24) is 4.90 Å². The summed E-state index contributed by atoms with van der Waals surface area (Å²) in [5.74, 6) is 2.01. The zero-order valence-corrected chi connectivity index (χ0v) is 15.7. The molecule has 1 spiro atoms. The highest BCUT2D eigenvalue weighted by Crippen LogP contribution is 2.75. The van der Waals surface area contributed by atoms with E-state index < -0.39 is 0 Å². The van der Waals surface area contributed by atoms with Crippen LogP contribution in [0.25, 0.3) is 0 Å². The van der Waals surface area contributed by atoms with Crippen LogP contribution in [0.3, 0.4) is 0 Å². The maximum absolute atomic E-state index is 11.3. The van der Waals surface area contributed by atoms with Crippen LogP contribution < -0.4 is 0 Å². The zero-order valence-electron chi connectivity index (χ0n) is 15.7. The second kappa shape index (κ2) is 4.72. The molecule has 3 heteroatoms. The van der Waals surface area contributed by atoms with E-state index in [1.807, 2.05) is 0 Å². The van der Waals surface area contributed by atoms with Crippen LogP contribution in [0.1, 0.15) is 58.3 Å². The molecule has 1 N–H and O–H groups in total. The number of ether oxygens (including phenoxy) is 1. The van der Waals surface area contributed by atoms with Gasteiger partial charge in [0, 0.05) is 23.9 Å². The minimum atomic E-state index is -0.259. The van der Waals surface area contributed by atoms with Crippen LogP contribution in [0.2, 0.25) is 0 Å². The van der Waals surface area contributed by atoms with E-state index in [1.165, 1.54) is 57.9 Å². The third-order valence-electron chi connectivity index (χ3n) is 9.95. The van der Waals surface area contributed by atoms with Crippen molar-refractivity contribution in [1.29, 1.82) is 0 Å². The van der Waals surface area contributed by atoms with Crippen molar-refractivity contribution < 1.29 is 9.84 Å². The molecule has 4 saturated carbocycles. The van der Waals surface area contributed by atoms with Gasteiger partial charge in [-0.3, -0.25) is 4.90 Å². The van der Waals surface area contributed by atoms with E-state index in [0.29, 0.717) is 23.5 Å². The van der Waals surface area contributed by atoms with E-state index in [-0.39, 0.29) is 16.9 Å². The molecule has 4 bridgehead atoms. The first-order chi connectivity index (χ1) is 12.0. The summed E-state index contributed by atoms with van der Waals surface area (Å²) >= 11 is 0. The zero-order chi connectivity index (χ0) is 17.0. The lowest BCUT2D eigenvalue weighted by Crippen LogP contribution is -2.71. The minimum absolute atomic E-state index is 0.115. The molecular formula is C22H33NO2. The van der Waals surface area contributed by atoms with Gasteiger partial charge in [0.1, 0.15) is 6.23 Å². The molecule has 25 heavy (non-hydrogen) atoms. The van der Waals surface area contributed by atoms with Crippen molar-refractivity contribution >= 4 is 0 Å². The molecule has 2 saturated heterocycles. The highest BCUT2D eigenvalue weighted by Gasteiger charge is 2.73. The summed E-state index contributed by atoms with van der Waals surface area (Å²) in [5.41, 5.74) is 2.03. The Morgan fingerprint density at radius 3 is 2.92 bits per heavy atom. The molecule has 0 aromatic rings. The van der Waals surface area contributed by atoms with Gasteiger partial charge in [0.15, 0.2) is 0 Å². The molecule has 6 rings (SSSR count). The molecule has 2 aliphatic heterocycles. The van der Waals surface area contributed by atoms with Crippen molar-refractivity contribution in [2.45, 2.75) is 70.6 Å². The highest BCUT2D eigenvalue weighted by atomic mass is 16.5. The van der Waals surface area contributed by atoms with Crippen molar-refractivity contribution in [2.75, 3.05) is 19.7 Å². The standard InChI is InChI=1S/C22H33NO2/c1-14-15-4-5-17-21(12-15,18(14)24)9-6-16-20(2)7-3-8-22(16,17)19-23(13-20)10-11-25-19/h15-19,24H,1,3-13H2,2H3/t15?,16?,17?,18-,19?,20-,21?,22-/m0/s1. The van der Waals surface area contributed by atoms with Crippen LogP contribution in [0, 0.1) is 34.0 Å². The predicted molar refractivity (Wildman–Crippen MR) is 96.8 cm³/mol. The number of rotatable bonds is 0. The summed E-state index contributed by atoms with van der Waals surface area (Å²) in [6, 6.07) is 0. The van der Waals surface area contributed by atoms with Crippen molar-refractivity contribution in [3.63, 3.8) is 0 Å². The van der Waals surface area contributed by atoms with Crippen molar-refractivity contribution in [3.05, 3.63) is 12.2 Å². The second-order valence-electron chi connectivity index (χ2n) is 10.6. The monoisotopic (exact) mass is 343 g/mol. The Hall–Kier alpha value is -0.380. The van der Waals surface area contributed by atoms with Gasteiger partial charge in [0.05, 0.1) is 12.7 Å². The van der Waals surface area contributed by atoms with Crippen molar-refractivity contribution in [2.24, 2.45) is 34.0 Å². The minimum Gasteiger partial charge on any atom is -0.388 e. The summed E-state index contributed by atoms with van der Waals surface area (Å²) in [5, 5.41) is 11.3. The fraction of sp³-hybridized carbons (Fsp3) is 0.909. The maximum atomic E-state index is 11.3. The summed E-state index contributed by atoms with van der Waals surface area (Å²) in [6.07, 6.45) is 10.4. The topological polar surface area (TPSA) is 32.7 Å². The first kappa shape index (κ1) is 15.7. The van der Waals surface area contributed by atoms with Crippen LogP contribution in [0.4, 0.5) is 0 Å². The summed E-state index contributed by atoms with van der Waals surface area (Å²) in [4.78, 5) is 2.69. The largest absolute Gasteiger partial charge is 0.388 e. The average Bonchev–Trinajstić information content (AvgIpc) is 3.12. The average molecular weight is 344 g/mol. The molecule has 0 radical (unpaired) electrons. The molecule has 0 amide bonds. The number of hydrogen-bond donors (Lipinski definition) is 1. The second-order valence-corrected chi connectivity index (χ2v) is 10.6. The van der Waals surface area contributed by atoms with Gasteiger partial charge >= 0.3 is 0 Å². The van der Waals surface area contributed by atoms with E-state index >= 15 is 0 Å². The van der Waals surface area contributed by atoms with Crippen LogP contribution in [-0.2, 0) is 4.74 Å². The first-order valence-corrected chi connectivity index (χ1v) is 10.7. The Morgan fingerprint density at radius 2 is 2.04 bits per heavy atom. The smallest absolute Gasteiger partial charge is 0.117 e. The first-order valence-electron chi connectivity index (χ1n) is 10.7. The molecule has 2 heterocycles. The van der Waals surface area contributed by atoms with Gasteiger partial charge in [-0.05, 0) is 73.7 Å². The van der Waals surface area contributed by atoms with E-state index in [2.05, 4.69) is 18.4 Å². The maximum Gasteiger partial charge on any atom is 0.117 e. The van der Waals surface area contributed by atoms with E-state index in [9.17, 15) is 5.11 Å². The van der Waals surface area contributed by atoms with Gasteiger partial charge in [-0.25, -0.2) is 0 Å². The quantitative estimate of drug-likeness (QED) is 0.683. The molecule has 0 aromatic carbocycles. The Morgan fingerprint density at radius 1 is 1.16 bits per heavy atom. The number of fused-ring (bicyclic) bond motifs is 2. The van der Waals surface area contributed by atoms with E-state index in [0.717, 1.165) is 24.6 Å². The highest BCUT2D eigenvalue weighted by molar-refractivity contribution is 5.29. The lowest BCUT2D eigenvalue weighted by molar-refractivity contribution is -0.276. The summed E-state index contributed by atoms with van der Waals surface area (Å²) in [7, 11) is 0. The fourth-order valence-electron chi connectivity index (χ4n) is 9.31. The lowest BCUT2D eigenvalue weighted by Gasteiger charge is -2.70. The number of hydrogen-bond acceptors (Lipinski definition) is 3. The van der Waals surface area contributed by atoms with Gasteiger partial charge in [-0.15, -0.1) is 0 Å². The fourth-order valence-corrected chi connectivity index (χ4v) is 9.31. The Kier molecular flexibility index (Phi) is 2.95. The molecule has 5 unspecified atom stereocenters. The Bertz CT molecular complexity index is 634. The molecule has 6 aliphatic rings. The van der Waals surface area contributed by atoms with Gasteiger partial charge < -0.3 is 9.84 Å². The number of piperidine rings is 1. The number of aliphatic hydroxyl groups excluding tert-OH is 1. The molecular weight excluding hydrogens is 310 g/mol. The van der Waals surface area contributed by atoms with E-state index in [4.69, 9.17) is 4.74 Å². The summed E-state index contributed by atoms with van der Waals surface area (Å²) < 4.78 is 6.48. The van der Waals surface area contributed by atoms with Crippen LogP contribution in [0.5, 0.6) is 0 Å². The number of aliphatic hydroxyl groups is 1. The third kappa shape index (κ3) is 1.62. The normalized spacial score (nSPS) is 60.1. The Labute approximate surface area is 151 Å². The lowest BCUT2D eigenvalue weighted by atomic mass is 9.38. The van der Waals surface area contributed by atoms with Gasteiger partial charge in [-0.2, -0.15) is 0 Å². The molecule has 4 aliphatic carbocycles. The van der Waals surface area contributed by atoms with E-state index in [1.54, 1.807) is 0 Å². The molecule has 8 atom stereocenters. The molecule has 138 valence electrons. The van der Waals surface area contributed by atoms with Gasteiger partial charge in [0.2, 0.25) is 0 Å².